The van der Waals surface area contributed by atoms with Crippen LogP contribution in [0.25, 0.3) is 0 Å². The first-order valence-corrected chi connectivity index (χ1v) is 11.9. The van der Waals surface area contributed by atoms with Crippen LogP contribution in [0.1, 0.15) is 38.5 Å². The van der Waals surface area contributed by atoms with Crippen LogP contribution in [0.2, 0.25) is 24.2 Å². The Bertz CT molecular complexity index is 116. The van der Waals surface area contributed by atoms with Crippen molar-refractivity contribution in [3.63, 3.8) is 0 Å². The highest BCUT2D eigenvalue weighted by atomic mass is 29.2. The Labute approximate surface area is 90.7 Å². The van der Waals surface area contributed by atoms with Gasteiger partial charge >= 0.3 is 0 Å². The maximum Gasteiger partial charge on any atom is 0.0280 e. The van der Waals surface area contributed by atoms with Gasteiger partial charge in [-0.2, -0.15) is 0 Å². The smallest absolute Gasteiger partial charge is 0.0280 e. The van der Waals surface area contributed by atoms with Crippen LogP contribution in [0.3, 0.4) is 0 Å². The Balaban J connectivity index is 0.000000845. The van der Waals surface area contributed by atoms with Gasteiger partial charge in [0.25, 0.3) is 0 Å². The molecule has 0 amide bonds. The van der Waals surface area contributed by atoms with Gasteiger partial charge < -0.3 is 11.0 Å². The van der Waals surface area contributed by atoms with Crippen molar-refractivity contribution in [2.45, 2.75) is 62.7 Å². The fourth-order valence-corrected chi connectivity index (χ4v) is 17.4. The highest BCUT2D eigenvalue weighted by Crippen LogP contribution is 2.28. The van der Waals surface area contributed by atoms with Crippen LogP contribution in [-0.4, -0.2) is 27.6 Å². The van der Waals surface area contributed by atoms with Gasteiger partial charge in [0.05, 0.1) is 0 Å². The molecule has 0 aromatic rings. The molecule has 2 nitrogen and oxygen atoms in total. The lowest BCUT2D eigenvalue weighted by molar-refractivity contribution is 0.714. The third-order valence-electron chi connectivity index (χ3n) is 3.97. The average Bonchev–Trinajstić information content (AvgIpc) is 2.21. The fraction of sp³-hybridized carbons (Fsp3) is 1.00. The van der Waals surface area contributed by atoms with Crippen LogP contribution >= 0.6 is 0 Å². The largest absolute Gasteiger partial charge is 0.412 e. The van der Waals surface area contributed by atoms with E-state index in [-0.39, 0.29) is 27.6 Å². The molecule has 0 atom stereocenters. The van der Waals surface area contributed by atoms with Gasteiger partial charge in [-0.15, -0.1) is 0 Å². The van der Waals surface area contributed by atoms with E-state index in [0.29, 0.717) is 0 Å². The average molecular weight is 234 g/mol. The van der Waals surface area contributed by atoms with E-state index < -0.39 is 0 Å². The van der Waals surface area contributed by atoms with Crippen molar-refractivity contribution < 1.29 is 11.0 Å². The van der Waals surface area contributed by atoms with Crippen molar-refractivity contribution in [2.24, 2.45) is 0 Å². The van der Waals surface area contributed by atoms with Crippen molar-refractivity contribution in [3.05, 3.63) is 0 Å². The van der Waals surface area contributed by atoms with Crippen LogP contribution < -0.4 is 0 Å². The molecule has 4 heteroatoms. The second-order valence-electron chi connectivity index (χ2n) is 4.80. The van der Waals surface area contributed by atoms with E-state index in [2.05, 4.69) is 0 Å². The Morgan fingerprint density at radius 3 is 1.00 bits per heavy atom. The maximum absolute atomic E-state index is 1.76. The Kier molecular flexibility index (Phi) is 7.81. The first-order chi connectivity index (χ1) is 5.97. The second kappa shape index (κ2) is 7.62. The monoisotopic (exact) mass is 234 g/mol. The third kappa shape index (κ3) is 3.84. The van der Waals surface area contributed by atoms with Gasteiger partial charge in [0, 0.05) is 16.6 Å². The van der Waals surface area contributed by atoms with Crippen molar-refractivity contribution in [1.82, 2.24) is 0 Å². The quantitative estimate of drug-likeness (QED) is 0.613. The molecule has 0 bridgehead atoms. The first-order valence-electron chi connectivity index (χ1n) is 5.97. The summed E-state index contributed by atoms with van der Waals surface area (Å²) in [5, 5.41) is 0. The summed E-state index contributed by atoms with van der Waals surface area (Å²) in [6.07, 6.45) is 9.65. The molecule has 0 aromatic heterocycles. The molecule has 0 saturated carbocycles. The molecule has 0 aromatic carbocycles. The Hall–Kier alpha value is 0.354. The molecule has 2 rings (SSSR count). The molecular formula is C10H26O2Si2. The number of hydrogen-bond donors (Lipinski definition) is 0. The molecule has 0 aliphatic carbocycles. The summed E-state index contributed by atoms with van der Waals surface area (Å²) in [5.74, 6) is 0. The minimum Gasteiger partial charge on any atom is -0.412 e. The van der Waals surface area contributed by atoms with Crippen LogP contribution in [0.5, 0.6) is 0 Å². The molecule has 0 spiro atoms. The SMILES string of the molecule is C1CC[SiH]([SiH]2CCCCC2)CC1.O.O. The molecule has 14 heavy (non-hydrogen) atoms. The summed E-state index contributed by atoms with van der Waals surface area (Å²) in [7, 11) is -0.137. The number of rotatable bonds is 1. The molecule has 2 fully saturated rings. The second-order valence-corrected chi connectivity index (χ2v) is 15.8. The van der Waals surface area contributed by atoms with Crippen LogP contribution in [-0.2, 0) is 0 Å². The van der Waals surface area contributed by atoms with Gasteiger partial charge in [-0.1, -0.05) is 62.7 Å². The molecule has 0 unspecified atom stereocenters. The summed E-state index contributed by atoms with van der Waals surface area (Å²) in [5.41, 5.74) is 0. The summed E-state index contributed by atoms with van der Waals surface area (Å²) in [4.78, 5) is 0. The zero-order valence-electron chi connectivity index (χ0n) is 9.23. The third-order valence-corrected chi connectivity index (χ3v) is 17.9. The summed E-state index contributed by atoms with van der Waals surface area (Å²) in [6.45, 7) is 0. The van der Waals surface area contributed by atoms with Gasteiger partial charge in [0.15, 0.2) is 0 Å². The maximum atomic E-state index is 1.76. The van der Waals surface area contributed by atoms with Crippen LogP contribution in [0, 0.1) is 0 Å². The van der Waals surface area contributed by atoms with Gasteiger partial charge in [-0.05, 0) is 0 Å². The van der Waals surface area contributed by atoms with E-state index in [1.54, 1.807) is 62.7 Å². The van der Waals surface area contributed by atoms with Crippen molar-refractivity contribution in [3.8, 4) is 0 Å². The minimum atomic E-state index is -0.0686. The zero-order chi connectivity index (χ0) is 8.23. The number of hydrogen-bond acceptors (Lipinski definition) is 0. The molecule has 2 heterocycles. The van der Waals surface area contributed by atoms with E-state index >= 15 is 0 Å². The predicted octanol–water partition coefficient (Wildman–Crippen LogP) is 1.24. The van der Waals surface area contributed by atoms with Crippen molar-refractivity contribution in [1.29, 1.82) is 0 Å². The molecule has 86 valence electrons. The van der Waals surface area contributed by atoms with E-state index in [9.17, 15) is 0 Å². The normalized spacial score (nSPS) is 24.9. The Morgan fingerprint density at radius 2 is 0.714 bits per heavy atom. The first kappa shape index (κ1) is 14.4. The minimum absolute atomic E-state index is 0. The van der Waals surface area contributed by atoms with Crippen LogP contribution in [0.4, 0.5) is 0 Å². The summed E-state index contributed by atoms with van der Waals surface area (Å²) < 4.78 is 0. The highest BCUT2D eigenvalue weighted by molar-refractivity contribution is 7.22. The highest BCUT2D eigenvalue weighted by Gasteiger charge is 2.26. The van der Waals surface area contributed by atoms with Crippen LogP contribution in [0.15, 0.2) is 0 Å². The summed E-state index contributed by atoms with van der Waals surface area (Å²) >= 11 is 0. The predicted molar refractivity (Wildman–Crippen MR) is 68.5 cm³/mol. The van der Waals surface area contributed by atoms with E-state index in [4.69, 9.17) is 0 Å². The molecule has 2 aliphatic heterocycles. The molecular weight excluding hydrogens is 208 g/mol. The topological polar surface area (TPSA) is 63.0 Å². The Morgan fingerprint density at radius 1 is 0.429 bits per heavy atom. The van der Waals surface area contributed by atoms with Gasteiger partial charge in [0.1, 0.15) is 0 Å². The molecule has 2 saturated heterocycles. The lowest BCUT2D eigenvalue weighted by atomic mass is 10.3. The van der Waals surface area contributed by atoms with Crippen molar-refractivity contribution in [2.75, 3.05) is 0 Å². The van der Waals surface area contributed by atoms with E-state index in [0.717, 1.165) is 0 Å². The summed E-state index contributed by atoms with van der Waals surface area (Å²) in [6, 6.07) is 7.04. The standard InChI is InChI=1S/C10H22Si2.2H2O/c1-3-7-11(8-4-1)12-9-5-2-6-10-12;;/h11-12H,1-10H2;2*1H2. The van der Waals surface area contributed by atoms with E-state index in [1.165, 1.54) is 0 Å². The van der Waals surface area contributed by atoms with Gasteiger partial charge in [0.2, 0.25) is 0 Å². The molecule has 0 radical (unpaired) electrons. The van der Waals surface area contributed by atoms with Gasteiger partial charge in [-0.3, -0.25) is 0 Å². The zero-order valence-corrected chi connectivity index (χ0v) is 11.5. The lowest BCUT2D eigenvalue weighted by Gasteiger charge is -2.30. The molecule has 2 aliphatic rings. The fourth-order valence-electron chi connectivity index (χ4n) is 3.21. The van der Waals surface area contributed by atoms with E-state index in [1.807, 2.05) is 0 Å². The van der Waals surface area contributed by atoms with Crippen molar-refractivity contribution >= 4 is 16.6 Å². The van der Waals surface area contributed by atoms with Gasteiger partial charge in [-0.25, -0.2) is 0 Å². The lowest BCUT2D eigenvalue weighted by Crippen LogP contribution is -2.37. The molecule has 4 N–H and O–H groups in total.